The summed E-state index contributed by atoms with van der Waals surface area (Å²) in [6.07, 6.45) is 0. The second-order valence-corrected chi connectivity index (χ2v) is 7.82. The van der Waals surface area contributed by atoms with Gasteiger partial charge in [0.2, 0.25) is 15.9 Å². The zero-order chi connectivity index (χ0) is 16.0. The van der Waals surface area contributed by atoms with Gasteiger partial charge in [-0.2, -0.15) is 4.31 Å². The fourth-order valence-electron chi connectivity index (χ4n) is 1.50. The molecule has 0 saturated heterocycles. The first-order valence-electron chi connectivity index (χ1n) is 6.46. The summed E-state index contributed by atoms with van der Waals surface area (Å²) in [5.74, 6) is -0.194. The number of carbonyl (C=O) groups is 1. The predicted molar refractivity (Wildman–Crippen MR) is 92.4 cm³/mol. The minimum absolute atomic E-state index is 0. The van der Waals surface area contributed by atoms with Crippen LogP contribution in [-0.2, 0) is 14.8 Å². The molecule has 0 saturated carbocycles. The highest BCUT2D eigenvalue weighted by Gasteiger charge is 2.22. The summed E-state index contributed by atoms with van der Waals surface area (Å²) >= 11 is 3.25. The summed E-state index contributed by atoms with van der Waals surface area (Å²) in [5, 5.41) is 2.66. The van der Waals surface area contributed by atoms with Crippen molar-refractivity contribution in [2.45, 2.75) is 11.8 Å². The van der Waals surface area contributed by atoms with Crippen LogP contribution in [0.25, 0.3) is 0 Å². The van der Waals surface area contributed by atoms with Gasteiger partial charge in [0.15, 0.2) is 0 Å². The summed E-state index contributed by atoms with van der Waals surface area (Å²) < 4.78 is 26.4. The van der Waals surface area contributed by atoms with Gasteiger partial charge in [-0.25, -0.2) is 8.42 Å². The van der Waals surface area contributed by atoms with Crippen LogP contribution in [0, 0.1) is 5.92 Å². The molecule has 126 valence electrons. The molecule has 1 aromatic carbocycles. The molecule has 6 nitrogen and oxygen atoms in total. The van der Waals surface area contributed by atoms with Gasteiger partial charge in [-0.3, -0.25) is 4.79 Å². The highest BCUT2D eigenvalue weighted by molar-refractivity contribution is 9.10. The zero-order valence-electron chi connectivity index (χ0n) is 12.5. The van der Waals surface area contributed by atoms with E-state index in [1.807, 2.05) is 6.92 Å². The van der Waals surface area contributed by atoms with E-state index in [2.05, 4.69) is 21.2 Å². The Bertz CT molecular complexity index is 581. The molecule has 0 radical (unpaired) electrons. The van der Waals surface area contributed by atoms with Gasteiger partial charge in [0.1, 0.15) is 0 Å². The van der Waals surface area contributed by atoms with E-state index in [1.165, 1.54) is 19.2 Å². The fourth-order valence-corrected chi connectivity index (χ4v) is 2.89. The number of amides is 1. The largest absolute Gasteiger partial charge is 0.355 e. The number of halogens is 2. The lowest BCUT2D eigenvalue weighted by Crippen LogP contribution is -2.40. The Hall–Kier alpha value is -0.670. The molecule has 3 N–H and O–H groups in total. The van der Waals surface area contributed by atoms with Crippen LogP contribution in [0.3, 0.4) is 0 Å². The van der Waals surface area contributed by atoms with Gasteiger partial charge < -0.3 is 11.1 Å². The van der Waals surface area contributed by atoms with Gasteiger partial charge >= 0.3 is 0 Å². The van der Waals surface area contributed by atoms with Gasteiger partial charge in [-0.05, 0) is 36.7 Å². The Balaban J connectivity index is 0.00000441. The van der Waals surface area contributed by atoms with Crippen molar-refractivity contribution in [2.24, 2.45) is 11.7 Å². The first-order valence-corrected chi connectivity index (χ1v) is 8.69. The van der Waals surface area contributed by atoms with Crippen LogP contribution >= 0.6 is 28.3 Å². The molecule has 9 heteroatoms. The molecule has 1 atom stereocenters. The lowest BCUT2D eigenvalue weighted by molar-refractivity contribution is -0.121. The van der Waals surface area contributed by atoms with Crippen molar-refractivity contribution in [3.8, 4) is 0 Å². The molecule has 1 aromatic rings. The van der Waals surface area contributed by atoms with Crippen molar-refractivity contribution in [1.82, 2.24) is 9.62 Å². The van der Waals surface area contributed by atoms with Crippen LogP contribution in [0.2, 0.25) is 0 Å². The Labute approximate surface area is 146 Å². The van der Waals surface area contributed by atoms with E-state index in [0.717, 1.165) is 8.78 Å². The number of rotatable bonds is 7. The third kappa shape index (κ3) is 6.21. The van der Waals surface area contributed by atoms with Crippen molar-refractivity contribution in [2.75, 3.05) is 26.7 Å². The predicted octanol–water partition coefficient (Wildman–Crippen LogP) is 1.20. The van der Waals surface area contributed by atoms with Crippen LogP contribution < -0.4 is 11.1 Å². The van der Waals surface area contributed by atoms with E-state index < -0.39 is 10.0 Å². The Morgan fingerprint density at radius 1 is 1.36 bits per heavy atom. The van der Waals surface area contributed by atoms with E-state index >= 15 is 0 Å². The summed E-state index contributed by atoms with van der Waals surface area (Å²) in [6, 6.07) is 6.27. The third-order valence-corrected chi connectivity index (χ3v) is 5.28. The topological polar surface area (TPSA) is 92.5 Å². The normalized spacial score (nSPS) is 12.6. The van der Waals surface area contributed by atoms with Crippen molar-refractivity contribution in [3.05, 3.63) is 28.7 Å². The molecule has 0 fully saturated rings. The Kier molecular flexibility index (Phi) is 9.18. The molecule has 0 aliphatic rings. The summed E-state index contributed by atoms with van der Waals surface area (Å²) in [7, 11) is -2.29. The highest BCUT2D eigenvalue weighted by atomic mass is 79.9. The third-order valence-electron chi connectivity index (χ3n) is 2.94. The second kappa shape index (κ2) is 9.46. The van der Waals surface area contributed by atoms with E-state index in [-0.39, 0.29) is 35.7 Å². The van der Waals surface area contributed by atoms with Crippen LogP contribution in [0.5, 0.6) is 0 Å². The summed E-state index contributed by atoms with van der Waals surface area (Å²) in [4.78, 5) is 11.9. The molecule has 0 aliphatic carbocycles. The van der Waals surface area contributed by atoms with Crippen molar-refractivity contribution in [1.29, 1.82) is 0 Å². The summed E-state index contributed by atoms with van der Waals surface area (Å²) in [5.41, 5.74) is 5.46. The number of nitrogens with two attached hydrogens (primary N) is 1. The molecule has 0 aromatic heterocycles. The quantitative estimate of drug-likeness (QED) is 0.701. The van der Waals surface area contributed by atoms with Crippen molar-refractivity contribution in [3.63, 3.8) is 0 Å². The minimum Gasteiger partial charge on any atom is -0.355 e. The van der Waals surface area contributed by atoms with Crippen LogP contribution in [0.1, 0.15) is 6.92 Å². The van der Waals surface area contributed by atoms with Crippen LogP contribution in [0.4, 0.5) is 0 Å². The van der Waals surface area contributed by atoms with E-state index in [0.29, 0.717) is 13.1 Å². The molecular weight excluding hydrogens is 394 g/mol. The lowest BCUT2D eigenvalue weighted by Gasteiger charge is -2.17. The maximum atomic E-state index is 12.3. The van der Waals surface area contributed by atoms with Crippen LogP contribution in [-0.4, -0.2) is 45.3 Å². The molecule has 1 unspecified atom stereocenters. The molecule has 0 heterocycles. The monoisotopic (exact) mass is 413 g/mol. The second-order valence-electron chi connectivity index (χ2n) is 4.86. The SMILES string of the molecule is CC(CN)CNC(=O)CN(C)S(=O)(=O)c1ccc(Br)cc1.Cl. The molecule has 22 heavy (non-hydrogen) atoms. The van der Waals surface area contributed by atoms with E-state index in [9.17, 15) is 13.2 Å². The van der Waals surface area contributed by atoms with E-state index in [1.54, 1.807) is 12.1 Å². The molecular formula is C13H21BrClN3O3S. The zero-order valence-corrected chi connectivity index (χ0v) is 15.7. The molecule has 0 bridgehead atoms. The van der Waals surface area contributed by atoms with Gasteiger partial charge in [0.05, 0.1) is 11.4 Å². The van der Waals surface area contributed by atoms with Crippen molar-refractivity contribution < 1.29 is 13.2 Å². The average Bonchev–Trinajstić information content (AvgIpc) is 2.45. The number of carbonyl (C=O) groups excluding carboxylic acids is 1. The first kappa shape index (κ1) is 21.3. The fraction of sp³-hybridized carbons (Fsp3) is 0.462. The lowest BCUT2D eigenvalue weighted by atomic mass is 10.2. The standard InChI is InChI=1S/C13H20BrN3O3S.ClH/c1-10(7-15)8-16-13(18)9-17(2)21(19,20)12-5-3-11(14)4-6-12;/h3-6,10H,7-9,15H2,1-2H3,(H,16,18);1H. The summed E-state index contributed by atoms with van der Waals surface area (Å²) in [6.45, 7) is 2.58. The van der Waals surface area contributed by atoms with Crippen molar-refractivity contribution >= 4 is 44.3 Å². The van der Waals surface area contributed by atoms with Gasteiger partial charge in [0, 0.05) is 18.1 Å². The van der Waals surface area contributed by atoms with Gasteiger partial charge in [-0.15, -0.1) is 12.4 Å². The number of hydrogen-bond donors (Lipinski definition) is 2. The van der Waals surface area contributed by atoms with E-state index in [4.69, 9.17) is 5.73 Å². The smallest absolute Gasteiger partial charge is 0.243 e. The molecule has 0 aliphatic heterocycles. The molecule has 0 spiro atoms. The molecule has 1 amide bonds. The van der Waals surface area contributed by atoms with Crippen LogP contribution in [0.15, 0.2) is 33.6 Å². The average molecular weight is 415 g/mol. The first-order chi connectivity index (χ1) is 9.77. The Morgan fingerprint density at radius 3 is 2.41 bits per heavy atom. The van der Waals surface area contributed by atoms with Gasteiger partial charge in [0.25, 0.3) is 0 Å². The molecule has 1 rings (SSSR count). The number of sulfonamides is 1. The maximum Gasteiger partial charge on any atom is 0.243 e. The highest BCUT2D eigenvalue weighted by Crippen LogP contribution is 2.17. The number of benzene rings is 1. The number of nitrogens with one attached hydrogen (secondary N) is 1. The minimum atomic E-state index is -3.67. The van der Waals surface area contributed by atoms with Gasteiger partial charge in [-0.1, -0.05) is 22.9 Å². The number of hydrogen-bond acceptors (Lipinski definition) is 4. The number of likely N-dealkylation sites (N-methyl/N-ethyl adjacent to an activating group) is 1. The maximum absolute atomic E-state index is 12.3. The Morgan fingerprint density at radius 2 is 1.91 bits per heavy atom. The number of nitrogens with zero attached hydrogens (tertiary/aromatic N) is 1.